The van der Waals surface area contributed by atoms with Crippen molar-refractivity contribution in [2.45, 2.75) is 142 Å². The summed E-state index contributed by atoms with van der Waals surface area (Å²) in [6.07, 6.45) is 30.0. The third-order valence-corrected chi connectivity index (χ3v) is 5.48. The predicted molar refractivity (Wildman–Crippen MR) is 118 cm³/mol. The SMILES string of the molecule is CCCCCCCCCCCCCCCCCCCCCCC(O)=CN. The van der Waals surface area contributed by atoms with Gasteiger partial charge in [0.1, 0.15) is 5.76 Å². The molecule has 156 valence electrons. The molecule has 0 unspecified atom stereocenters. The van der Waals surface area contributed by atoms with Crippen molar-refractivity contribution in [2.24, 2.45) is 5.73 Å². The van der Waals surface area contributed by atoms with Crippen LogP contribution in [-0.2, 0) is 0 Å². The van der Waals surface area contributed by atoms with Gasteiger partial charge in [-0.1, -0.05) is 129 Å². The number of aliphatic hydroxyl groups excluding tert-OH is 1. The van der Waals surface area contributed by atoms with Crippen molar-refractivity contribution in [3.05, 3.63) is 12.0 Å². The van der Waals surface area contributed by atoms with Crippen molar-refractivity contribution in [1.29, 1.82) is 0 Å². The summed E-state index contributed by atoms with van der Waals surface area (Å²) in [7, 11) is 0. The highest BCUT2D eigenvalue weighted by molar-refractivity contribution is 4.85. The summed E-state index contributed by atoms with van der Waals surface area (Å²) >= 11 is 0. The minimum Gasteiger partial charge on any atom is -0.511 e. The van der Waals surface area contributed by atoms with Gasteiger partial charge in [-0.2, -0.15) is 0 Å². The zero-order chi connectivity index (χ0) is 19.1. The molecular formula is C24H49NO. The molecule has 0 saturated carbocycles. The van der Waals surface area contributed by atoms with Gasteiger partial charge in [-0.15, -0.1) is 0 Å². The van der Waals surface area contributed by atoms with Crippen molar-refractivity contribution in [2.75, 3.05) is 0 Å². The van der Waals surface area contributed by atoms with Crippen LogP contribution < -0.4 is 5.73 Å². The molecule has 0 aromatic heterocycles. The lowest BCUT2D eigenvalue weighted by atomic mass is 10.0. The molecule has 0 radical (unpaired) electrons. The zero-order valence-electron chi connectivity index (χ0n) is 18.0. The minimum absolute atomic E-state index is 0.340. The van der Waals surface area contributed by atoms with Gasteiger partial charge in [-0.3, -0.25) is 0 Å². The van der Waals surface area contributed by atoms with Crippen molar-refractivity contribution >= 4 is 0 Å². The molecule has 0 rings (SSSR count). The first-order valence-corrected chi connectivity index (χ1v) is 11.9. The standard InChI is InChI=1S/C24H49NO/c1-2-3-4-5-6-7-8-9-10-11-12-13-14-15-16-17-18-19-20-21-22-24(26)23-25/h23,26H,2-22,25H2,1H3. The average Bonchev–Trinajstić information content (AvgIpc) is 2.66. The van der Waals surface area contributed by atoms with Gasteiger partial charge in [0.05, 0.1) is 0 Å². The Hall–Kier alpha value is -0.660. The van der Waals surface area contributed by atoms with Crippen LogP contribution in [0.25, 0.3) is 0 Å². The second-order valence-electron chi connectivity index (χ2n) is 8.13. The molecule has 0 atom stereocenters. The third-order valence-electron chi connectivity index (χ3n) is 5.48. The van der Waals surface area contributed by atoms with Crippen LogP contribution in [0.15, 0.2) is 12.0 Å². The van der Waals surface area contributed by atoms with Crippen LogP contribution in [0.2, 0.25) is 0 Å². The second-order valence-corrected chi connectivity index (χ2v) is 8.13. The highest BCUT2D eigenvalue weighted by Gasteiger charge is 1.96. The summed E-state index contributed by atoms with van der Waals surface area (Å²) in [4.78, 5) is 0. The molecule has 0 saturated heterocycles. The highest BCUT2D eigenvalue weighted by atomic mass is 16.3. The lowest BCUT2D eigenvalue weighted by molar-refractivity contribution is 0.378. The van der Waals surface area contributed by atoms with Gasteiger partial charge in [0.15, 0.2) is 0 Å². The Kier molecular flexibility index (Phi) is 21.8. The minimum atomic E-state index is 0.340. The predicted octanol–water partition coefficient (Wildman–Crippen LogP) is 8.56. The molecule has 0 aliphatic heterocycles. The van der Waals surface area contributed by atoms with Gasteiger partial charge in [0.25, 0.3) is 0 Å². The molecule has 2 nitrogen and oxygen atoms in total. The molecule has 0 bridgehead atoms. The maximum absolute atomic E-state index is 9.25. The van der Waals surface area contributed by atoms with Gasteiger partial charge in [0.2, 0.25) is 0 Å². The topological polar surface area (TPSA) is 46.2 Å². The van der Waals surface area contributed by atoms with Crippen LogP contribution in [0.1, 0.15) is 142 Å². The molecule has 0 fully saturated rings. The number of hydrogen-bond donors (Lipinski definition) is 2. The van der Waals surface area contributed by atoms with Gasteiger partial charge in [0, 0.05) is 12.6 Å². The molecule has 0 aromatic rings. The van der Waals surface area contributed by atoms with Crippen molar-refractivity contribution in [1.82, 2.24) is 0 Å². The summed E-state index contributed by atoms with van der Waals surface area (Å²) in [6.45, 7) is 2.29. The lowest BCUT2D eigenvalue weighted by Gasteiger charge is -2.04. The molecule has 0 aromatic carbocycles. The maximum atomic E-state index is 9.25. The lowest BCUT2D eigenvalue weighted by Crippen LogP contribution is -1.88. The number of rotatable bonds is 21. The van der Waals surface area contributed by atoms with E-state index in [9.17, 15) is 5.11 Å². The van der Waals surface area contributed by atoms with Crippen molar-refractivity contribution in [3.63, 3.8) is 0 Å². The molecule has 0 amide bonds. The number of hydrogen-bond acceptors (Lipinski definition) is 2. The van der Waals surface area contributed by atoms with Crippen LogP contribution in [0, 0.1) is 0 Å². The maximum Gasteiger partial charge on any atom is 0.108 e. The largest absolute Gasteiger partial charge is 0.511 e. The monoisotopic (exact) mass is 367 g/mol. The fourth-order valence-electron chi connectivity index (χ4n) is 3.64. The van der Waals surface area contributed by atoms with E-state index < -0.39 is 0 Å². The Bertz CT molecular complexity index is 288. The summed E-state index contributed by atoms with van der Waals surface area (Å²) < 4.78 is 0. The van der Waals surface area contributed by atoms with Gasteiger partial charge >= 0.3 is 0 Å². The van der Waals surface area contributed by atoms with E-state index in [1.54, 1.807) is 0 Å². The molecule has 0 spiro atoms. The fraction of sp³-hybridized carbons (Fsp3) is 0.917. The molecule has 0 aliphatic rings. The summed E-state index contributed by atoms with van der Waals surface area (Å²) in [5.41, 5.74) is 5.24. The molecule has 0 aliphatic carbocycles. The normalized spacial score (nSPS) is 12.0. The summed E-state index contributed by atoms with van der Waals surface area (Å²) in [5, 5.41) is 9.25. The summed E-state index contributed by atoms with van der Waals surface area (Å²) in [5.74, 6) is 0.340. The Morgan fingerprint density at radius 3 is 1.08 bits per heavy atom. The third kappa shape index (κ3) is 21.4. The number of aliphatic hydroxyl groups is 1. The van der Waals surface area contributed by atoms with E-state index >= 15 is 0 Å². The number of nitrogens with two attached hydrogens (primary N) is 1. The van der Waals surface area contributed by atoms with Crippen LogP contribution in [0.5, 0.6) is 0 Å². The molecule has 0 heterocycles. The smallest absolute Gasteiger partial charge is 0.108 e. The zero-order valence-corrected chi connectivity index (χ0v) is 18.0. The van der Waals surface area contributed by atoms with Gasteiger partial charge in [-0.05, 0) is 6.42 Å². The molecule has 2 heteroatoms. The van der Waals surface area contributed by atoms with E-state index in [0.717, 1.165) is 12.8 Å². The van der Waals surface area contributed by atoms with Crippen LogP contribution in [-0.4, -0.2) is 5.11 Å². The molecular weight excluding hydrogens is 318 g/mol. The van der Waals surface area contributed by atoms with Crippen molar-refractivity contribution < 1.29 is 5.11 Å². The molecule has 26 heavy (non-hydrogen) atoms. The summed E-state index contributed by atoms with van der Waals surface area (Å²) in [6, 6.07) is 0. The van der Waals surface area contributed by atoms with E-state index in [4.69, 9.17) is 5.73 Å². The van der Waals surface area contributed by atoms with E-state index in [1.807, 2.05) is 0 Å². The molecule has 3 N–H and O–H groups in total. The first-order valence-electron chi connectivity index (χ1n) is 11.9. The first-order chi connectivity index (χ1) is 12.8. The Morgan fingerprint density at radius 1 is 0.538 bits per heavy atom. The van der Waals surface area contributed by atoms with Crippen molar-refractivity contribution in [3.8, 4) is 0 Å². The van der Waals surface area contributed by atoms with E-state index in [2.05, 4.69) is 6.92 Å². The Labute approximate surface area is 165 Å². The quantitative estimate of drug-likeness (QED) is 0.158. The second kappa shape index (κ2) is 22.4. The first kappa shape index (κ1) is 25.3. The number of unbranched alkanes of at least 4 members (excludes halogenated alkanes) is 19. The number of allylic oxidation sites excluding steroid dienone is 1. The fourth-order valence-corrected chi connectivity index (χ4v) is 3.64. The van der Waals surface area contributed by atoms with E-state index in [-0.39, 0.29) is 0 Å². The Morgan fingerprint density at radius 2 is 0.808 bits per heavy atom. The van der Waals surface area contributed by atoms with Crippen LogP contribution >= 0.6 is 0 Å². The Balaban J connectivity index is 3.01. The highest BCUT2D eigenvalue weighted by Crippen LogP contribution is 2.15. The van der Waals surface area contributed by atoms with E-state index in [0.29, 0.717) is 5.76 Å². The van der Waals surface area contributed by atoms with Gasteiger partial charge < -0.3 is 10.8 Å². The van der Waals surface area contributed by atoms with Crippen LogP contribution in [0.4, 0.5) is 0 Å². The van der Waals surface area contributed by atoms with Crippen LogP contribution in [0.3, 0.4) is 0 Å². The van der Waals surface area contributed by atoms with E-state index in [1.165, 1.54) is 128 Å². The van der Waals surface area contributed by atoms with Gasteiger partial charge in [-0.25, -0.2) is 0 Å². The average molecular weight is 368 g/mol.